The van der Waals surface area contributed by atoms with Gasteiger partial charge in [0.05, 0.1) is 16.9 Å². The van der Waals surface area contributed by atoms with E-state index in [0.717, 1.165) is 16.9 Å². The van der Waals surface area contributed by atoms with Crippen LogP contribution in [0.2, 0.25) is 0 Å². The molecule has 0 aliphatic rings. The van der Waals surface area contributed by atoms with Crippen molar-refractivity contribution in [1.82, 2.24) is 4.90 Å². The van der Waals surface area contributed by atoms with Crippen molar-refractivity contribution in [2.75, 3.05) is 13.7 Å². The molecule has 0 atom stereocenters. The SMILES string of the molecule is C#CCCN(Cc1ccccc1OC)Cc1ccccc1S(=O)(=O)c1ccccc1. The Morgan fingerprint density at radius 2 is 1.47 bits per heavy atom. The van der Waals surface area contributed by atoms with Gasteiger partial charge in [-0.3, -0.25) is 4.90 Å². The smallest absolute Gasteiger partial charge is 0.206 e. The number of terminal acetylenes is 1. The van der Waals surface area contributed by atoms with Crippen LogP contribution in [0.25, 0.3) is 0 Å². The Kier molecular flexibility index (Phi) is 7.29. The quantitative estimate of drug-likeness (QED) is 0.477. The lowest BCUT2D eigenvalue weighted by atomic mass is 10.1. The van der Waals surface area contributed by atoms with E-state index in [1.165, 1.54) is 0 Å². The summed E-state index contributed by atoms with van der Waals surface area (Å²) in [4.78, 5) is 2.76. The van der Waals surface area contributed by atoms with Gasteiger partial charge in [0.1, 0.15) is 5.75 Å². The van der Waals surface area contributed by atoms with Crippen molar-refractivity contribution in [3.8, 4) is 18.1 Å². The van der Waals surface area contributed by atoms with Crippen molar-refractivity contribution in [1.29, 1.82) is 0 Å². The van der Waals surface area contributed by atoms with Gasteiger partial charge in [-0.15, -0.1) is 12.3 Å². The summed E-state index contributed by atoms with van der Waals surface area (Å²) in [6.07, 6.45) is 6.07. The van der Waals surface area contributed by atoms with E-state index >= 15 is 0 Å². The highest BCUT2D eigenvalue weighted by Crippen LogP contribution is 2.26. The lowest BCUT2D eigenvalue weighted by molar-refractivity contribution is 0.256. The van der Waals surface area contributed by atoms with E-state index < -0.39 is 9.84 Å². The van der Waals surface area contributed by atoms with Gasteiger partial charge in [-0.25, -0.2) is 8.42 Å². The Bertz CT molecular complexity index is 1120. The summed E-state index contributed by atoms with van der Waals surface area (Å²) in [5, 5.41) is 0. The highest BCUT2D eigenvalue weighted by Gasteiger charge is 2.22. The Balaban J connectivity index is 1.93. The number of hydrogen-bond donors (Lipinski definition) is 0. The maximum Gasteiger partial charge on any atom is 0.206 e. The number of hydrogen-bond acceptors (Lipinski definition) is 4. The van der Waals surface area contributed by atoms with E-state index in [1.807, 2.05) is 36.4 Å². The van der Waals surface area contributed by atoms with Gasteiger partial charge in [0.2, 0.25) is 9.84 Å². The molecule has 3 rings (SSSR count). The average molecular weight is 420 g/mol. The van der Waals surface area contributed by atoms with Gasteiger partial charge in [-0.2, -0.15) is 0 Å². The summed E-state index contributed by atoms with van der Waals surface area (Å²) >= 11 is 0. The second kappa shape index (κ2) is 10.1. The predicted molar refractivity (Wildman–Crippen MR) is 119 cm³/mol. The van der Waals surface area contributed by atoms with Crippen molar-refractivity contribution >= 4 is 9.84 Å². The van der Waals surface area contributed by atoms with Crippen LogP contribution in [0, 0.1) is 12.3 Å². The largest absolute Gasteiger partial charge is 0.496 e. The van der Waals surface area contributed by atoms with Crippen LogP contribution in [-0.2, 0) is 22.9 Å². The van der Waals surface area contributed by atoms with E-state index in [4.69, 9.17) is 11.2 Å². The molecule has 0 amide bonds. The van der Waals surface area contributed by atoms with Crippen LogP contribution in [0.4, 0.5) is 0 Å². The first-order chi connectivity index (χ1) is 14.6. The highest BCUT2D eigenvalue weighted by atomic mass is 32.2. The second-order valence-electron chi connectivity index (χ2n) is 6.90. The molecular weight excluding hydrogens is 394 g/mol. The van der Waals surface area contributed by atoms with Crippen LogP contribution in [0.5, 0.6) is 5.75 Å². The van der Waals surface area contributed by atoms with Crippen LogP contribution in [0.3, 0.4) is 0 Å². The molecule has 0 N–H and O–H groups in total. The topological polar surface area (TPSA) is 46.6 Å². The molecule has 0 spiro atoms. The molecule has 30 heavy (non-hydrogen) atoms. The Morgan fingerprint density at radius 1 is 0.867 bits per heavy atom. The molecule has 0 unspecified atom stereocenters. The minimum absolute atomic E-state index is 0.289. The minimum Gasteiger partial charge on any atom is -0.496 e. The second-order valence-corrected chi connectivity index (χ2v) is 8.82. The molecule has 5 heteroatoms. The van der Waals surface area contributed by atoms with Crippen LogP contribution >= 0.6 is 0 Å². The number of ether oxygens (including phenoxy) is 1. The van der Waals surface area contributed by atoms with E-state index in [2.05, 4.69) is 10.8 Å². The standard InChI is InChI=1S/C25H25NO3S/c1-3-4-18-26(19-21-12-8-10-16-24(21)29-2)20-22-13-9-11-17-25(22)30(27,28)23-14-6-5-7-15-23/h1,5-17H,4,18-20H2,2H3. The molecule has 0 heterocycles. The lowest BCUT2D eigenvalue weighted by Gasteiger charge is -2.24. The maximum absolute atomic E-state index is 13.2. The maximum atomic E-state index is 13.2. The fourth-order valence-corrected chi connectivity index (χ4v) is 4.88. The molecule has 0 fully saturated rings. The van der Waals surface area contributed by atoms with E-state index in [0.29, 0.717) is 31.0 Å². The van der Waals surface area contributed by atoms with E-state index in [-0.39, 0.29) is 4.90 Å². The van der Waals surface area contributed by atoms with Gasteiger partial charge in [0.15, 0.2) is 0 Å². The molecule has 3 aromatic carbocycles. The van der Waals surface area contributed by atoms with E-state index in [9.17, 15) is 8.42 Å². The molecule has 0 aliphatic heterocycles. The van der Waals surface area contributed by atoms with Crippen LogP contribution in [0.1, 0.15) is 17.5 Å². The summed E-state index contributed by atoms with van der Waals surface area (Å²) in [5.74, 6) is 3.48. The number of sulfone groups is 1. The average Bonchev–Trinajstić information content (AvgIpc) is 2.78. The summed E-state index contributed by atoms with van der Waals surface area (Å²) in [6.45, 7) is 1.71. The zero-order valence-corrected chi connectivity index (χ0v) is 17.8. The molecule has 0 saturated carbocycles. The summed E-state index contributed by atoms with van der Waals surface area (Å²) < 4.78 is 31.9. The zero-order valence-electron chi connectivity index (χ0n) is 17.0. The molecule has 0 aliphatic carbocycles. The van der Waals surface area contributed by atoms with Crippen molar-refractivity contribution in [2.24, 2.45) is 0 Å². The van der Waals surface area contributed by atoms with Crippen molar-refractivity contribution in [3.63, 3.8) is 0 Å². The number of methoxy groups -OCH3 is 1. The van der Waals surface area contributed by atoms with Crippen LogP contribution in [-0.4, -0.2) is 27.0 Å². The molecule has 3 aromatic rings. The van der Waals surface area contributed by atoms with Gasteiger partial charge >= 0.3 is 0 Å². The van der Waals surface area contributed by atoms with Gasteiger partial charge in [0, 0.05) is 31.6 Å². The Hall–Kier alpha value is -3.07. The lowest BCUT2D eigenvalue weighted by Crippen LogP contribution is -2.25. The zero-order chi connectivity index (χ0) is 21.4. The summed E-state index contributed by atoms with van der Waals surface area (Å²) in [6, 6.07) is 23.5. The molecule has 4 nitrogen and oxygen atoms in total. The fraction of sp³-hybridized carbons (Fsp3) is 0.200. The number of benzene rings is 3. The molecular formula is C25H25NO3S. The third kappa shape index (κ3) is 5.10. The van der Waals surface area contributed by atoms with Crippen LogP contribution < -0.4 is 4.74 Å². The van der Waals surface area contributed by atoms with Crippen LogP contribution in [0.15, 0.2) is 88.7 Å². The molecule has 0 radical (unpaired) electrons. The third-order valence-electron chi connectivity index (χ3n) is 4.87. The fourth-order valence-electron chi connectivity index (χ4n) is 3.38. The number of para-hydroxylation sites is 1. The molecule has 0 aromatic heterocycles. The normalized spacial score (nSPS) is 11.2. The van der Waals surface area contributed by atoms with E-state index in [1.54, 1.807) is 49.6 Å². The first-order valence-electron chi connectivity index (χ1n) is 9.72. The first kappa shape index (κ1) is 21.6. The first-order valence-corrected chi connectivity index (χ1v) is 11.2. The van der Waals surface area contributed by atoms with Crippen molar-refractivity contribution in [2.45, 2.75) is 29.3 Å². The molecule has 0 bridgehead atoms. The van der Waals surface area contributed by atoms with Crippen molar-refractivity contribution in [3.05, 3.63) is 90.0 Å². The Labute approximate surface area is 179 Å². The Morgan fingerprint density at radius 3 is 2.17 bits per heavy atom. The third-order valence-corrected chi connectivity index (χ3v) is 6.74. The monoisotopic (exact) mass is 419 g/mol. The summed E-state index contributed by atoms with van der Waals surface area (Å²) in [5.41, 5.74) is 1.77. The van der Waals surface area contributed by atoms with Crippen molar-refractivity contribution < 1.29 is 13.2 Å². The minimum atomic E-state index is -3.61. The number of nitrogens with zero attached hydrogens (tertiary/aromatic N) is 1. The predicted octanol–water partition coefficient (Wildman–Crippen LogP) is 4.55. The highest BCUT2D eigenvalue weighted by molar-refractivity contribution is 7.91. The molecule has 0 saturated heterocycles. The van der Waals surface area contributed by atoms with Gasteiger partial charge in [-0.1, -0.05) is 54.6 Å². The van der Waals surface area contributed by atoms with Gasteiger partial charge in [-0.05, 0) is 29.8 Å². The van der Waals surface area contributed by atoms with Gasteiger partial charge in [0.25, 0.3) is 0 Å². The number of rotatable bonds is 9. The van der Waals surface area contributed by atoms with Gasteiger partial charge < -0.3 is 4.74 Å². The molecule has 154 valence electrons. The summed E-state index contributed by atoms with van der Waals surface area (Å²) in [7, 11) is -1.97.